The van der Waals surface area contributed by atoms with Gasteiger partial charge in [0.05, 0.1) is 5.56 Å². The summed E-state index contributed by atoms with van der Waals surface area (Å²) in [5.41, 5.74) is 1.97. The normalized spacial score (nSPS) is 10.2. The smallest absolute Gasteiger partial charge is 0.276 e. The Morgan fingerprint density at radius 2 is 1.95 bits per heavy atom. The Hall–Kier alpha value is -3.20. The molecule has 0 radical (unpaired) electrons. The molecule has 3 rings (SSSR count). The number of benzene rings is 1. The number of aromatic nitrogens is 3. The van der Waals surface area contributed by atoms with Crippen LogP contribution in [0.15, 0.2) is 47.1 Å². The number of phenols is 1. The molecule has 0 atom stereocenters. The van der Waals surface area contributed by atoms with Crippen LogP contribution in [0.25, 0.3) is 11.6 Å². The van der Waals surface area contributed by atoms with Crippen molar-refractivity contribution < 1.29 is 9.63 Å². The first-order valence-electron chi connectivity index (χ1n) is 6.21. The predicted molar refractivity (Wildman–Crippen MR) is 73.2 cm³/mol. The molecule has 0 saturated carbocycles. The molecule has 1 aromatic carbocycles. The maximum atomic E-state index is 9.24. The van der Waals surface area contributed by atoms with Crippen LogP contribution in [0, 0.1) is 11.3 Å². The second kappa shape index (κ2) is 5.43. The first-order chi connectivity index (χ1) is 10.2. The molecule has 21 heavy (non-hydrogen) atoms. The molecular formula is C15H10N4O2. The number of hydrogen-bond donors (Lipinski definition) is 1. The first-order valence-corrected chi connectivity index (χ1v) is 6.21. The average Bonchev–Trinajstić information content (AvgIpc) is 2.98. The third-order valence-corrected chi connectivity index (χ3v) is 2.88. The van der Waals surface area contributed by atoms with Gasteiger partial charge in [0.25, 0.3) is 5.89 Å². The topological polar surface area (TPSA) is 95.8 Å². The van der Waals surface area contributed by atoms with Crippen LogP contribution in [0.2, 0.25) is 0 Å². The van der Waals surface area contributed by atoms with Crippen LogP contribution in [0.5, 0.6) is 5.75 Å². The highest BCUT2D eigenvalue weighted by Crippen LogP contribution is 2.17. The predicted octanol–water partition coefficient (Wildman–Crippen LogP) is 2.30. The summed E-state index contributed by atoms with van der Waals surface area (Å²) in [7, 11) is 0. The van der Waals surface area contributed by atoms with Gasteiger partial charge < -0.3 is 9.63 Å². The summed E-state index contributed by atoms with van der Waals surface area (Å²) in [6.45, 7) is 0. The van der Waals surface area contributed by atoms with Crippen LogP contribution in [0.4, 0.5) is 0 Å². The van der Waals surface area contributed by atoms with Gasteiger partial charge in [-0.2, -0.15) is 10.2 Å². The van der Waals surface area contributed by atoms with Crippen LogP contribution < -0.4 is 0 Å². The Bertz CT molecular complexity index is 786. The summed E-state index contributed by atoms with van der Waals surface area (Å²) in [5, 5.41) is 21.9. The van der Waals surface area contributed by atoms with Crippen LogP contribution in [-0.2, 0) is 6.42 Å². The molecule has 0 aliphatic carbocycles. The third kappa shape index (κ3) is 2.87. The summed E-state index contributed by atoms with van der Waals surface area (Å²) < 4.78 is 5.16. The monoisotopic (exact) mass is 278 g/mol. The lowest BCUT2D eigenvalue weighted by Gasteiger charge is -1.96. The highest BCUT2D eigenvalue weighted by Gasteiger charge is 2.10. The molecule has 6 nitrogen and oxygen atoms in total. The molecule has 0 spiro atoms. The summed E-state index contributed by atoms with van der Waals surface area (Å²) >= 11 is 0. The quantitative estimate of drug-likeness (QED) is 0.789. The fourth-order valence-corrected chi connectivity index (χ4v) is 1.81. The molecule has 0 saturated heterocycles. The SMILES string of the molecule is N#Cc1ccc(-c2nc(Cc3ccc(O)cc3)no2)nc1. The third-order valence-electron chi connectivity index (χ3n) is 2.88. The fourth-order valence-electron chi connectivity index (χ4n) is 1.81. The molecule has 1 N–H and O–H groups in total. The number of pyridine rings is 1. The van der Waals surface area contributed by atoms with E-state index >= 15 is 0 Å². The minimum atomic E-state index is 0.217. The van der Waals surface area contributed by atoms with Gasteiger partial charge in [0.2, 0.25) is 0 Å². The fraction of sp³-hybridized carbons (Fsp3) is 0.0667. The van der Waals surface area contributed by atoms with E-state index < -0.39 is 0 Å². The van der Waals surface area contributed by atoms with E-state index in [9.17, 15) is 5.11 Å². The molecule has 0 unspecified atom stereocenters. The van der Waals surface area contributed by atoms with Gasteiger partial charge in [-0.05, 0) is 29.8 Å². The van der Waals surface area contributed by atoms with Gasteiger partial charge in [0.1, 0.15) is 17.5 Å². The van der Waals surface area contributed by atoms with Gasteiger partial charge in [-0.3, -0.25) is 0 Å². The van der Waals surface area contributed by atoms with Crippen molar-refractivity contribution in [2.75, 3.05) is 0 Å². The van der Waals surface area contributed by atoms with Crippen molar-refractivity contribution in [1.29, 1.82) is 5.26 Å². The Morgan fingerprint density at radius 3 is 2.62 bits per heavy atom. The van der Waals surface area contributed by atoms with Crippen molar-refractivity contribution in [2.45, 2.75) is 6.42 Å². The molecule has 2 heterocycles. The highest BCUT2D eigenvalue weighted by atomic mass is 16.5. The largest absolute Gasteiger partial charge is 0.508 e. The van der Waals surface area contributed by atoms with Crippen LogP contribution in [-0.4, -0.2) is 20.2 Å². The van der Waals surface area contributed by atoms with Crippen molar-refractivity contribution in [3.8, 4) is 23.4 Å². The minimum Gasteiger partial charge on any atom is -0.508 e. The number of aromatic hydroxyl groups is 1. The number of hydrogen-bond acceptors (Lipinski definition) is 6. The number of phenolic OH excluding ortho intramolecular Hbond substituents is 1. The Balaban J connectivity index is 1.79. The number of nitrogens with zero attached hydrogens (tertiary/aromatic N) is 4. The second-order valence-corrected chi connectivity index (χ2v) is 4.40. The lowest BCUT2D eigenvalue weighted by molar-refractivity contribution is 0.422. The minimum absolute atomic E-state index is 0.217. The molecule has 0 fully saturated rings. The zero-order valence-electron chi connectivity index (χ0n) is 10.9. The Kier molecular flexibility index (Phi) is 3.31. The zero-order valence-corrected chi connectivity index (χ0v) is 10.9. The van der Waals surface area contributed by atoms with E-state index in [0.29, 0.717) is 29.4 Å². The summed E-state index contributed by atoms with van der Waals surface area (Å²) in [6, 6.07) is 12.1. The van der Waals surface area contributed by atoms with E-state index in [0.717, 1.165) is 5.56 Å². The van der Waals surface area contributed by atoms with Gasteiger partial charge in [0, 0.05) is 12.6 Å². The summed E-state index contributed by atoms with van der Waals surface area (Å²) in [4.78, 5) is 8.37. The molecule has 0 aliphatic rings. The molecule has 3 aromatic rings. The molecule has 0 amide bonds. The van der Waals surface area contributed by atoms with Gasteiger partial charge in [0.15, 0.2) is 5.82 Å². The highest BCUT2D eigenvalue weighted by molar-refractivity contribution is 5.47. The lowest BCUT2D eigenvalue weighted by atomic mass is 10.1. The molecule has 0 bridgehead atoms. The molecule has 2 aromatic heterocycles. The Morgan fingerprint density at radius 1 is 1.14 bits per heavy atom. The first kappa shape index (κ1) is 12.8. The summed E-state index contributed by atoms with van der Waals surface area (Å²) in [5.74, 6) is 1.06. The van der Waals surface area contributed by atoms with Gasteiger partial charge >= 0.3 is 0 Å². The van der Waals surface area contributed by atoms with Gasteiger partial charge in [-0.15, -0.1) is 0 Å². The Labute approximate surface area is 120 Å². The lowest BCUT2D eigenvalue weighted by Crippen LogP contribution is -1.91. The average molecular weight is 278 g/mol. The van der Waals surface area contributed by atoms with Gasteiger partial charge in [-0.25, -0.2) is 4.98 Å². The maximum absolute atomic E-state index is 9.24. The standard InChI is InChI=1S/C15H10N4O2/c16-8-11-3-6-13(17-9-11)15-18-14(19-21-15)7-10-1-4-12(20)5-2-10/h1-6,9,20H,7H2. The van der Waals surface area contributed by atoms with Crippen molar-refractivity contribution in [1.82, 2.24) is 15.1 Å². The van der Waals surface area contributed by atoms with E-state index in [1.165, 1.54) is 6.20 Å². The van der Waals surface area contributed by atoms with E-state index in [4.69, 9.17) is 9.78 Å². The molecule has 102 valence electrons. The van der Waals surface area contributed by atoms with Crippen molar-refractivity contribution >= 4 is 0 Å². The molecular weight excluding hydrogens is 268 g/mol. The molecule has 0 aliphatic heterocycles. The maximum Gasteiger partial charge on any atom is 0.276 e. The van der Waals surface area contributed by atoms with Crippen LogP contribution >= 0.6 is 0 Å². The van der Waals surface area contributed by atoms with Crippen LogP contribution in [0.3, 0.4) is 0 Å². The second-order valence-electron chi connectivity index (χ2n) is 4.40. The number of nitriles is 1. The van der Waals surface area contributed by atoms with Crippen LogP contribution in [0.1, 0.15) is 17.0 Å². The van der Waals surface area contributed by atoms with E-state index in [-0.39, 0.29) is 5.75 Å². The van der Waals surface area contributed by atoms with Crippen molar-refractivity contribution in [3.05, 3.63) is 59.5 Å². The summed E-state index contributed by atoms with van der Waals surface area (Å²) in [6.07, 6.45) is 1.96. The van der Waals surface area contributed by atoms with Crippen molar-refractivity contribution in [3.63, 3.8) is 0 Å². The number of rotatable bonds is 3. The van der Waals surface area contributed by atoms with Crippen molar-refractivity contribution in [2.24, 2.45) is 0 Å². The zero-order chi connectivity index (χ0) is 14.7. The van der Waals surface area contributed by atoms with E-state index in [1.54, 1.807) is 36.4 Å². The van der Waals surface area contributed by atoms with Gasteiger partial charge in [-0.1, -0.05) is 17.3 Å². The van der Waals surface area contributed by atoms with E-state index in [2.05, 4.69) is 15.1 Å². The van der Waals surface area contributed by atoms with E-state index in [1.807, 2.05) is 6.07 Å². The molecule has 6 heteroatoms.